The Morgan fingerprint density at radius 3 is 1.06 bits per heavy atom. The van der Waals surface area contributed by atoms with E-state index in [0.717, 1.165) is 33.4 Å². The van der Waals surface area contributed by atoms with Gasteiger partial charge in [0.05, 0.1) is 52.9 Å². The third kappa shape index (κ3) is 13.3. The van der Waals surface area contributed by atoms with Crippen molar-refractivity contribution in [1.82, 2.24) is 0 Å². The van der Waals surface area contributed by atoms with Crippen LogP contribution in [0.2, 0.25) is 0 Å². The second-order valence-corrected chi connectivity index (χ2v) is 16.4. The minimum absolute atomic E-state index is 0.110. The molecule has 0 spiro atoms. The molecule has 0 aliphatic carbocycles. The summed E-state index contributed by atoms with van der Waals surface area (Å²) in [5, 5.41) is 11.1. The van der Waals surface area contributed by atoms with E-state index in [1.54, 1.807) is 7.11 Å². The van der Waals surface area contributed by atoms with E-state index in [9.17, 15) is 5.11 Å². The molecule has 0 amide bonds. The van der Waals surface area contributed by atoms with E-state index in [1.807, 2.05) is 182 Å². The molecule has 0 radical (unpaired) electrons. The van der Waals surface area contributed by atoms with Gasteiger partial charge in [0.15, 0.2) is 12.6 Å². The first-order valence-corrected chi connectivity index (χ1v) is 22.6. The zero-order valence-electron chi connectivity index (χ0n) is 37.3. The Morgan fingerprint density at radius 1 is 0.364 bits per heavy atom. The highest BCUT2D eigenvalue weighted by Gasteiger charge is 2.54. The van der Waals surface area contributed by atoms with Gasteiger partial charge in [-0.3, -0.25) is 0 Å². The van der Waals surface area contributed by atoms with Crippen LogP contribution in [0, 0.1) is 0 Å². The predicted molar refractivity (Wildman–Crippen MR) is 247 cm³/mol. The van der Waals surface area contributed by atoms with Crippen LogP contribution in [0.25, 0.3) is 0 Å². The Bertz CT molecular complexity index is 2220. The highest BCUT2D eigenvalue weighted by Crippen LogP contribution is 2.36. The summed E-state index contributed by atoms with van der Waals surface area (Å²) >= 11 is 0. The maximum absolute atomic E-state index is 11.1. The summed E-state index contributed by atoms with van der Waals surface area (Å²) in [4.78, 5) is 0. The molecule has 2 aliphatic heterocycles. The molecule has 346 valence electrons. The maximum Gasteiger partial charge on any atom is 0.187 e. The molecule has 6 aromatic carbocycles. The van der Waals surface area contributed by atoms with Crippen molar-refractivity contribution in [3.05, 3.63) is 215 Å². The van der Waals surface area contributed by atoms with Crippen molar-refractivity contribution in [2.45, 2.75) is 101 Å². The number of hydrogen-bond donors (Lipinski definition) is 1. The average molecular weight is 897 g/mol. The number of ether oxygens (including phenoxy) is 10. The molecular formula is C55H60O11. The molecule has 2 aliphatic rings. The van der Waals surface area contributed by atoms with Crippen LogP contribution < -0.4 is 0 Å². The van der Waals surface area contributed by atoms with Crippen molar-refractivity contribution in [3.63, 3.8) is 0 Å². The summed E-state index contributed by atoms with van der Waals surface area (Å²) in [5.41, 5.74) is 5.79. The predicted octanol–water partition coefficient (Wildman–Crippen LogP) is 8.60. The van der Waals surface area contributed by atoms with Gasteiger partial charge in [0.2, 0.25) is 0 Å². The third-order valence-corrected chi connectivity index (χ3v) is 11.7. The Labute approximate surface area is 388 Å². The lowest BCUT2D eigenvalue weighted by Gasteiger charge is -2.50. The van der Waals surface area contributed by atoms with Gasteiger partial charge in [0, 0.05) is 7.11 Å². The standard InChI is InChI=1S/C55H60O11/c1-57-54-52(62-37-44-28-16-6-17-29-44)51(61-36-43-26-14-5-15-27-43)49(47(65-54)39-58-33-40-20-8-2-9-21-40)66-55-53(63-38-45-30-18-7-19-31-45)50(60-35-42-24-12-4-13-25-42)48(46(32-56)64-55)59-34-41-22-10-3-11-23-41/h2-31,46-56H,32-39H2,1H3/t46-,47-,48-,49-,50+,51+,52-,53-,54+,55?/m1/s1. The topological polar surface area (TPSA) is 113 Å². The van der Waals surface area contributed by atoms with Gasteiger partial charge in [-0.05, 0) is 33.4 Å². The molecule has 2 fully saturated rings. The van der Waals surface area contributed by atoms with Gasteiger partial charge in [0.25, 0.3) is 0 Å². The third-order valence-electron chi connectivity index (χ3n) is 11.7. The minimum Gasteiger partial charge on any atom is -0.394 e. The van der Waals surface area contributed by atoms with E-state index in [1.165, 1.54) is 0 Å². The van der Waals surface area contributed by atoms with Gasteiger partial charge < -0.3 is 52.5 Å². The average Bonchev–Trinajstić information content (AvgIpc) is 3.38. The monoisotopic (exact) mass is 896 g/mol. The summed E-state index contributed by atoms with van der Waals surface area (Å²) in [5.74, 6) is 0. The number of aliphatic hydroxyl groups is 1. The smallest absolute Gasteiger partial charge is 0.187 e. The quantitative estimate of drug-likeness (QED) is 0.0668. The summed E-state index contributed by atoms with van der Waals surface area (Å²) in [6.45, 7) is 1.25. The summed E-state index contributed by atoms with van der Waals surface area (Å²) < 4.78 is 67.6. The molecule has 66 heavy (non-hydrogen) atoms. The Kier molecular flexibility index (Phi) is 18.0. The van der Waals surface area contributed by atoms with Crippen molar-refractivity contribution in [2.24, 2.45) is 0 Å². The Morgan fingerprint density at radius 2 is 0.682 bits per heavy atom. The van der Waals surface area contributed by atoms with E-state index in [4.69, 9.17) is 47.4 Å². The SMILES string of the molecule is CO[C@H]1O[C@H](COCc2ccccc2)[C@@H](OC2O[C@H](CO)[C@@H](OCc3ccccc3)[C@H](OCc3ccccc3)[C@H]2OCc2ccccc2)[C@H](OCc2ccccc2)[C@H]1OCc1ccccc1. The zero-order chi connectivity index (χ0) is 45.2. The molecular weight excluding hydrogens is 837 g/mol. The van der Waals surface area contributed by atoms with Crippen molar-refractivity contribution < 1.29 is 52.5 Å². The van der Waals surface area contributed by atoms with Gasteiger partial charge in [0.1, 0.15) is 48.8 Å². The van der Waals surface area contributed by atoms with Crippen molar-refractivity contribution >= 4 is 0 Å². The van der Waals surface area contributed by atoms with Crippen LogP contribution in [0.15, 0.2) is 182 Å². The summed E-state index contributed by atoms with van der Waals surface area (Å²) in [6.07, 6.45) is -8.52. The molecule has 0 aromatic heterocycles. The highest BCUT2D eigenvalue weighted by molar-refractivity contribution is 5.18. The largest absolute Gasteiger partial charge is 0.394 e. The number of benzene rings is 6. The molecule has 1 N–H and O–H groups in total. The first-order valence-electron chi connectivity index (χ1n) is 22.6. The highest BCUT2D eigenvalue weighted by atomic mass is 16.8. The van der Waals surface area contributed by atoms with Gasteiger partial charge in [-0.25, -0.2) is 0 Å². The van der Waals surface area contributed by atoms with Crippen LogP contribution in [0.3, 0.4) is 0 Å². The molecule has 2 heterocycles. The molecule has 8 rings (SSSR count). The van der Waals surface area contributed by atoms with Crippen LogP contribution in [0.5, 0.6) is 0 Å². The molecule has 0 saturated carbocycles. The second kappa shape index (κ2) is 25.1. The van der Waals surface area contributed by atoms with Gasteiger partial charge in [-0.2, -0.15) is 0 Å². The molecule has 11 nitrogen and oxygen atoms in total. The van der Waals surface area contributed by atoms with E-state index >= 15 is 0 Å². The number of hydrogen-bond acceptors (Lipinski definition) is 11. The van der Waals surface area contributed by atoms with E-state index in [-0.39, 0.29) is 46.2 Å². The second-order valence-electron chi connectivity index (χ2n) is 16.4. The normalized spacial score (nSPS) is 25.4. The Hall–Kier alpha value is -5.12. The van der Waals surface area contributed by atoms with E-state index in [2.05, 4.69) is 0 Å². The number of rotatable bonds is 23. The Balaban J connectivity index is 1.16. The lowest BCUT2D eigenvalue weighted by Crippen LogP contribution is -2.66. The van der Waals surface area contributed by atoms with Crippen LogP contribution in [-0.2, 0) is 87.0 Å². The molecule has 1 unspecified atom stereocenters. The first-order chi connectivity index (χ1) is 32.6. The van der Waals surface area contributed by atoms with E-state index in [0.29, 0.717) is 6.61 Å². The van der Waals surface area contributed by atoms with Crippen LogP contribution >= 0.6 is 0 Å². The number of methoxy groups -OCH3 is 1. The van der Waals surface area contributed by atoms with Gasteiger partial charge >= 0.3 is 0 Å². The van der Waals surface area contributed by atoms with Crippen LogP contribution in [-0.4, -0.2) is 86.8 Å². The maximum atomic E-state index is 11.1. The molecule has 6 aromatic rings. The summed E-state index contributed by atoms with van der Waals surface area (Å²) in [6, 6.07) is 59.5. The van der Waals surface area contributed by atoms with E-state index < -0.39 is 61.4 Å². The lowest BCUT2D eigenvalue weighted by molar-refractivity contribution is -0.375. The fraction of sp³-hybridized carbons (Fsp3) is 0.345. The summed E-state index contributed by atoms with van der Waals surface area (Å²) in [7, 11) is 1.59. The molecule has 10 atom stereocenters. The molecule has 2 saturated heterocycles. The fourth-order valence-electron chi connectivity index (χ4n) is 8.29. The molecule has 0 bridgehead atoms. The minimum atomic E-state index is -1.13. The van der Waals surface area contributed by atoms with Crippen molar-refractivity contribution in [1.29, 1.82) is 0 Å². The van der Waals surface area contributed by atoms with Crippen LogP contribution in [0.1, 0.15) is 33.4 Å². The fourth-order valence-corrected chi connectivity index (χ4v) is 8.29. The lowest BCUT2D eigenvalue weighted by atomic mass is 9.95. The van der Waals surface area contributed by atoms with Gasteiger partial charge in [-0.15, -0.1) is 0 Å². The number of aliphatic hydroxyl groups excluding tert-OH is 1. The van der Waals surface area contributed by atoms with Crippen LogP contribution in [0.4, 0.5) is 0 Å². The van der Waals surface area contributed by atoms with Crippen molar-refractivity contribution in [3.8, 4) is 0 Å². The first kappa shape index (κ1) is 47.4. The van der Waals surface area contributed by atoms with Crippen molar-refractivity contribution in [2.75, 3.05) is 20.3 Å². The zero-order valence-corrected chi connectivity index (χ0v) is 37.3. The van der Waals surface area contributed by atoms with Gasteiger partial charge in [-0.1, -0.05) is 182 Å². The molecule has 11 heteroatoms.